The molecule has 0 fully saturated rings. The van der Waals surface area contributed by atoms with Crippen LogP contribution in [0.2, 0.25) is 0 Å². The van der Waals surface area contributed by atoms with Crippen molar-refractivity contribution in [3.05, 3.63) is 33.7 Å². The highest BCUT2D eigenvalue weighted by molar-refractivity contribution is 5.96. The molecule has 0 aromatic heterocycles. The van der Waals surface area contributed by atoms with E-state index in [9.17, 15) is 9.59 Å². The van der Waals surface area contributed by atoms with Crippen LogP contribution in [-0.4, -0.2) is 23.3 Å². The maximum absolute atomic E-state index is 12.4. The van der Waals surface area contributed by atoms with Gasteiger partial charge in [0.1, 0.15) is 11.2 Å². The van der Waals surface area contributed by atoms with Crippen LogP contribution >= 0.6 is 0 Å². The Kier molecular flexibility index (Phi) is 6.05. The van der Waals surface area contributed by atoms with Crippen LogP contribution in [0.1, 0.15) is 57.5 Å². The molecule has 0 radical (unpaired) electrons. The van der Waals surface area contributed by atoms with Crippen LogP contribution in [0, 0.1) is 6.92 Å². The molecule has 0 unspecified atom stereocenters. The van der Waals surface area contributed by atoms with E-state index in [4.69, 9.17) is 15.0 Å². The van der Waals surface area contributed by atoms with Crippen molar-refractivity contribution in [2.24, 2.45) is 5.11 Å². The van der Waals surface area contributed by atoms with E-state index in [1.54, 1.807) is 48.5 Å². The van der Waals surface area contributed by atoms with Crippen LogP contribution in [0.3, 0.4) is 0 Å². The normalized spacial score (nSPS) is 11.3. The summed E-state index contributed by atoms with van der Waals surface area (Å²) in [6.07, 6.45) is -0.677. The first kappa shape index (κ1) is 20.3. The summed E-state index contributed by atoms with van der Waals surface area (Å²) in [4.78, 5) is 27.1. The van der Waals surface area contributed by atoms with Gasteiger partial charge < -0.3 is 9.47 Å². The van der Waals surface area contributed by atoms with Crippen molar-refractivity contribution in [1.82, 2.24) is 0 Å². The van der Waals surface area contributed by atoms with Crippen molar-refractivity contribution >= 4 is 23.4 Å². The molecule has 0 aliphatic rings. The van der Waals surface area contributed by atoms with E-state index in [0.717, 1.165) is 0 Å². The lowest BCUT2D eigenvalue weighted by atomic mass is 10.0. The van der Waals surface area contributed by atoms with E-state index < -0.39 is 23.3 Å². The number of hydrogen-bond donors (Lipinski definition) is 1. The third kappa shape index (κ3) is 6.73. The number of nitrogens with one attached hydrogen (secondary N) is 1. The molecular weight excluding hydrogens is 324 g/mol. The van der Waals surface area contributed by atoms with Gasteiger partial charge in [-0.25, -0.2) is 9.59 Å². The molecular formula is C17H24N4O4. The molecule has 1 aromatic rings. The predicted molar refractivity (Wildman–Crippen MR) is 95.0 cm³/mol. The Balaban J connectivity index is 3.27. The molecule has 8 nitrogen and oxygen atoms in total. The summed E-state index contributed by atoms with van der Waals surface area (Å²) < 4.78 is 10.6. The zero-order chi connectivity index (χ0) is 19.4. The summed E-state index contributed by atoms with van der Waals surface area (Å²) >= 11 is 0. The Hall–Kier alpha value is -2.73. The summed E-state index contributed by atoms with van der Waals surface area (Å²) in [5.74, 6) is -0.577. The Morgan fingerprint density at radius 1 is 1.08 bits per heavy atom. The number of hydrogen-bond acceptors (Lipinski definition) is 5. The molecule has 1 aromatic carbocycles. The first-order chi connectivity index (χ1) is 11.3. The number of amides is 1. The monoisotopic (exact) mass is 348 g/mol. The second kappa shape index (κ2) is 7.44. The molecule has 8 heteroatoms. The van der Waals surface area contributed by atoms with Crippen molar-refractivity contribution in [2.75, 3.05) is 5.32 Å². The van der Waals surface area contributed by atoms with Crippen LogP contribution < -0.4 is 5.32 Å². The van der Waals surface area contributed by atoms with Gasteiger partial charge in [0.2, 0.25) is 0 Å². The molecule has 0 saturated carbocycles. The SMILES string of the molecule is Cc1c(NC(=O)OC(C)(C)C)cc(N=[N+]=[N-])cc1C(=O)OC(C)(C)C. The zero-order valence-electron chi connectivity index (χ0n) is 15.6. The van der Waals surface area contributed by atoms with Crippen LogP contribution in [0.5, 0.6) is 0 Å². The topological polar surface area (TPSA) is 113 Å². The van der Waals surface area contributed by atoms with Crippen molar-refractivity contribution in [3.8, 4) is 0 Å². The van der Waals surface area contributed by atoms with Crippen molar-refractivity contribution in [2.45, 2.75) is 59.7 Å². The number of rotatable bonds is 3. The van der Waals surface area contributed by atoms with Crippen molar-refractivity contribution in [1.29, 1.82) is 0 Å². The second-order valence-electron chi connectivity index (χ2n) is 7.48. The Labute approximate surface area is 147 Å². The minimum Gasteiger partial charge on any atom is -0.456 e. The average molecular weight is 348 g/mol. The molecule has 136 valence electrons. The standard InChI is InChI=1S/C17H24N4O4/c1-10-12(14(22)24-16(2,3)4)8-11(20-21-18)9-13(10)19-15(23)25-17(5,6)7/h8-9H,1-7H3,(H,19,23). The van der Waals surface area contributed by atoms with Crippen LogP contribution in [-0.2, 0) is 9.47 Å². The zero-order valence-corrected chi connectivity index (χ0v) is 15.6. The first-order valence-electron chi connectivity index (χ1n) is 7.75. The van der Waals surface area contributed by atoms with Gasteiger partial charge >= 0.3 is 12.1 Å². The lowest BCUT2D eigenvalue weighted by Crippen LogP contribution is -2.28. The number of nitrogens with zero attached hydrogens (tertiary/aromatic N) is 3. The van der Waals surface area contributed by atoms with Crippen LogP contribution in [0.25, 0.3) is 10.4 Å². The Morgan fingerprint density at radius 2 is 1.64 bits per heavy atom. The van der Waals surface area contributed by atoms with Crippen LogP contribution in [0.15, 0.2) is 17.2 Å². The second-order valence-corrected chi connectivity index (χ2v) is 7.48. The average Bonchev–Trinajstić information content (AvgIpc) is 2.38. The summed E-state index contributed by atoms with van der Waals surface area (Å²) in [6.45, 7) is 12.1. The smallest absolute Gasteiger partial charge is 0.412 e. The Morgan fingerprint density at radius 3 is 2.12 bits per heavy atom. The van der Waals surface area contributed by atoms with Gasteiger partial charge in [0.15, 0.2) is 0 Å². The molecule has 0 atom stereocenters. The lowest BCUT2D eigenvalue weighted by molar-refractivity contribution is 0.00684. The van der Waals surface area contributed by atoms with Gasteiger partial charge in [0.05, 0.1) is 5.56 Å². The fraction of sp³-hybridized carbons (Fsp3) is 0.529. The van der Waals surface area contributed by atoms with Gasteiger partial charge in [-0.2, -0.15) is 0 Å². The fourth-order valence-electron chi connectivity index (χ4n) is 1.90. The van der Waals surface area contributed by atoms with Crippen molar-refractivity contribution < 1.29 is 19.1 Å². The molecule has 25 heavy (non-hydrogen) atoms. The van der Waals surface area contributed by atoms with E-state index in [2.05, 4.69) is 15.3 Å². The number of anilines is 1. The highest BCUT2D eigenvalue weighted by Gasteiger charge is 2.23. The largest absolute Gasteiger partial charge is 0.456 e. The summed E-state index contributed by atoms with van der Waals surface area (Å²) in [6, 6.07) is 2.89. The van der Waals surface area contributed by atoms with Crippen molar-refractivity contribution in [3.63, 3.8) is 0 Å². The quantitative estimate of drug-likeness (QED) is 0.348. The summed E-state index contributed by atoms with van der Waals surface area (Å²) in [5, 5.41) is 6.08. The number of carbonyl (C=O) groups excluding carboxylic acids is 2. The summed E-state index contributed by atoms with van der Waals surface area (Å²) in [5.41, 5.74) is 8.47. The molecule has 0 saturated heterocycles. The van der Waals surface area contributed by atoms with E-state index in [1.807, 2.05) is 0 Å². The van der Waals surface area contributed by atoms with Crippen LogP contribution in [0.4, 0.5) is 16.2 Å². The molecule has 1 rings (SSSR count). The molecule has 0 aliphatic heterocycles. The van der Waals surface area contributed by atoms with Gasteiger partial charge in [0, 0.05) is 16.3 Å². The molecule has 1 N–H and O–H groups in total. The lowest BCUT2D eigenvalue weighted by Gasteiger charge is -2.22. The molecule has 0 bridgehead atoms. The third-order valence-corrected chi connectivity index (χ3v) is 2.81. The summed E-state index contributed by atoms with van der Waals surface area (Å²) in [7, 11) is 0. The Bertz CT molecular complexity index is 723. The maximum Gasteiger partial charge on any atom is 0.412 e. The minimum absolute atomic E-state index is 0.181. The molecule has 1 amide bonds. The first-order valence-corrected chi connectivity index (χ1v) is 7.75. The van der Waals surface area contributed by atoms with Gasteiger partial charge in [-0.05, 0) is 71.7 Å². The third-order valence-electron chi connectivity index (χ3n) is 2.81. The number of ether oxygens (including phenoxy) is 2. The van der Waals surface area contributed by atoms with E-state index >= 15 is 0 Å². The van der Waals surface area contributed by atoms with E-state index in [1.165, 1.54) is 12.1 Å². The van der Waals surface area contributed by atoms with E-state index in [0.29, 0.717) is 11.3 Å². The fourth-order valence-corrected chi connectivity index (χ4v) is 1.90. The number of azide groups is 1. The maximum atomic E-state index is 12.4. The highest BCUT2D eigenvalue weighted by atomic mass is 16.6. The minimum atomic E-state index is -0.684. The van der Waals surface area contributed by atoms with Gasteiger partial charge in [-0.1, -0.05) is 5.11 Å². The highest BCUT2D eigenvalue weighted by Crippen LogP contribution is 2.29. The van der Waals surface area contributed by atoms with Gasteiger partial charge in [-0.3, -0.25) is 5.32 Å². The predicted octanol–water partition coefficient (Wildman–Crippen LogP) is 5.24. The van der Waals surface area contributed by atoms with Gasteiger partial charge in [0.25, 0.3) is 0 Å². The molecule has 0 spiro atoms. The number of carbonyl (C=O) groups is 2. The number of esters is 1. The van der Waals surface area contributed by atoms with Gasteiger partial charge in [-0.15, -0.1) is 0 Å². The number of benzene rings is 1. The van der Waals surface area contributed by atoms with E-state index in [-0.39, 0.29) is 11.3 Å². The molecule has 0 heterocycles. The molecule has 0 aliphatic carbocycles.